The van der Waals surface area contributed by atoms with Gasteiger partial charge >= 0.3 is 0 Å². The molecule has 4 aromatic rings. The molecule has 1 aliphatic heterocycles. The van der Waals surface area contributed by atoms with Crippen LogP contribution in [0.25, 0.3) is 32.3 Å². The zero-order valence-corrected chi connectivity index (χ0v) is 11.2. The first-order valence-electron chi connectivity index (χ1n) is 6.95. The van der Waals surface area contributed by atoms with E-state index in [1.807, 2.05) is 0 Å². The first kappa shape index (κ1) is 10.3. The van der Waals surface area contributed by atoms with Crippen molar-refractivity contribution in [2.75, 3.05) is 11.9 Å². The van der Waals surface area contributed by atoms with E-state index in [4.69, 9.17) is 0 Å². The van der Waals surface area contributed by atoms with E-state index in [1.54, 1.807) is 0 Å². The minimum absolute atomic E-state index is 1.30. The lowest BCUT2D eigenvalue weighted by atomic mass is 9.91. The molecule has 20 heavy (non-hydrogen) atoms. The van der Waals surface area contributed by atoms with Gasteiger partial charge in [-0.25, -0.2) is 0 Å². The van der Waals surface area contributed by atoms with Crippen molar-refractivity contribution in [2.45, 2.75) is 0 Å². The predicted molar refractivity (Wildman–Crippen MR) is 87.0 cm³/mol. The summed E-state index contributed by atoms with van der Waals surface area (Å²) in [4.78, 5) is 2.32. The Kier molecular flexibility index (Phi) is 1.70. The highest BCUT2D eigenvalue weighted by atomic mass is 15.1. The maximum Gasteiger partial charge on any atom is 0.0494 e. The minimum Gasteiger partial charge on any atom is -0.344 e. The Morgan fingerprint density at radius 2 is 1.00 bits per heavy atom. The van der Waals surface area contributed by atoms with Gasteiger partial charge in [0, 0.05) is 34.6 Å². The van der Waals surface area contributed by atoms with Crippen LogP contribution in [0.3, 0.4) is 0 Å². The third kappa shape index (κ3) is 1.05. The van der Waals surface area contributed by atoms with Gasteiger partial charge in [-0.1, -0.05) is 48.5 Å². The first-order chi connectivity index (χ1) is 9.84. The van der Waals surface area contributed by atoms with Crippen LogP contribution in [0.4, 0.5) is 11.4 Å². The summed E-state index contributed by atoms with van der Waals surface area (Å²) in [6.45, 7) is 0. The number of anilines is 2. The Morgan fingerprint density at radius 3 is 1.50 bits per heavy atom. The van der Waals surface area contributed by atoms with Gasteiger partial charge in [0.1, 0.15) is 0 Å². The van der Waals surface area contributed by atoms with Gasteiger partial charge in [-0.05, 0) is 28.3 Å². The van der Waals surface area contributed by atoms with Crippen molar-refractivity contribution in [3.63, 3.8) is 0 Å². The fourth-order valence-electron chi connectivity index (χ4n) is 3.62. The number of nitrogens with zero attached hydrogens (tertiary/aromatic N) is 1. The molecule has 94 valence electrons. The topological polar surface area (TPSA) is 3.24 Å². The summed E-state index contributed by atoms with van der Waals surface area (Å²) in [7, 11) is 2.16. The lowest BCUT2D eigenvalue weighted by Gasteiger charge is -2.28. The molecule has 1 aliphatic rings. The molecular formula is C19H13N. The summed E-state index contributed by atoms with van der Waals surface area (Å²) in [5.41, 5.74) is 2.61. The van der Waals surface area contributed by atoms with Gasteiger partial charge in [0.05, 0.1) is 0 Å². The van der Waals surface area contributed by atoms with Crippen LogP contribution >= 0.6 is 0 Å². The van der Waals surface area contributed by atoms with Crippen molar-refractivity contribution < 1.29 is 0 Å². The summed E-state index contributed by atoms with van der Waals surface area (Å²) in [5, 5.41) is 8.16. The highest BCUT2D eigenvalue weighted by Gasteiger charge is 2.20. The normalized spacial score (nSPS) is 13.2. The maximum absolute atomic E-state index is 2.32. The lowest BCUT2D eigenvalue weighted by Crippen LogP contribution is -2.13. The summed E-state index contributed by atoms with van der Waals surface area (Å²) >= 11 is 0. The molecule has 1 nitrogen and oxygen atoms in total. The van der Waals surface area contributed by atoms with Crippen molar-refractivity contribution in [3.8, 4) is 0 Å². The molecule has 0 bridgehead atoms. The second-order valence-electron chi connectivity index (χ2n) is 5.54. The van der Waals surface area contributed by atoms with Gasteiger partial charge in [-0.3, -0.25) is 0 Å². The number of benzene rings is 4. The SMILES string of the molecule is CN1c2cccc3ccc4ccc5cccc1c5c4c23. The fourth-order valence-corrected chi connectivity index (χ4v) is 3.62. The molecule has 5 rings (SSSR count). The second-order valence-corrected chi connectivity index (χ2v) is 5.54. The van der Waals surface area contributed by atoms with Crippen LogP contribution in [0.2, 0.25) is 0 Å². The van der Waals surface area contributed by atoms with Gasteiger partial charge in [0.2, 0.25) is 0 Å². The third-order valence-electron chi connectivity index (χ3n) is 4.55. The lowest BCUT2D eigenvalue weighted by molar-refractivity contribution is 1.23. The third-order valence-corrected chi connectivity index (χ3v) is 4.55. The predicted octanol–water partition coefficient (Wildman–Crippen LogP) is 5.23. The van der Waals surface area contributed by atoms with Gasteiger partial charge in [0.15, 0.2) is 0 Å². The van der Waals surface area contributed by atoms with E-state index in [0.717, 1.165) is 0 Å². The molecule has 1 heteroatoms. The fraction of sp³-hybridized carbons (Fsp3) is 0.0526. The quantitative estimate of drug-likeness (QED) is 0.389. The maximum atomic E-state index is 2.32. The Labute approximate surface area is 117 Å². The molecule has 0 N–H and O–H groups in total. The van der Waals surface area contributed by atoms with E-state index in [9.17, 15) is 0 Å². The zero-order chi connectivity index (χ0) is 13.3. The number of rotatable bonds is 0. The van der Waals surface area contributed by atoms with Gasteiger partial charge < -0.3 is 4.90 Å². The Morgan fingerprint density at radius 1 is 0.550 bits per heavy atom. The Balaban J connectivity index is 2.26. The summed E-state index contributed by atoms with van der Waals surface area (Å²) < 4.78 is 0. The number of hydrogen-bond acceptors (Lipinski definition) is 1. The Hall–Kier alpha value is -2.54. The van der Waals surface area contributed by atoms with Crippen LogP contribution in [0.15, 0.2) is 60.7 Å². The average Bonchev–Trinajstić information content (AvgIpc) is 2.51. The largest absolute Gasteiger partial charge is 0.344 e. The molecule has 0 radical (unpaired) electrons. The summed E-state index contributed by atoms with van der Waals surface area (Å²) in [5.74, 6) is 0. The highest BCUT2D eigenvalue weighted by molar-refractivity contribution is 6.29. The zero-order valence-electron chi connectivity index (χ0n) is 11.2. The highest BCUT2D eigenvalue weighted by Crippen LogP contribution is 2.46. The Bertz CT molecular complexity index is 936. The number of hydrogen-bond donors (Lipinski definition) is 0. The molecule has 0 amide bonds. The molecule has 0 fully saturated rings. The molecule has 0 saturated carbocycles. The van der Waals surface area contributed by atoms with Crippen molar-refractivity contribution in [2.24, 2.45) is 0 Å². The van der Waals surface area contributed by atoms with E-state index >= 15 is 0 Å². The van der Waals surface area contributed by atoms with E-state index in [1.165, 1.54) is 43.7 Å². The van der Waals surface area contributed by atoms with Crippen LogP contribution in [0.5, 0.6) is 0 Å². The van der Waals surface area contributed by atoms with E-state index in [2.05, 4.69) is 72.6 Å². The summed E-state index contributed by atoms with van der Waals surface area (Å²) in [6, 6.07) is 22.1. The van der Waals surface area contributed by atoms with Gasteiger partial charge in [0.25, 0.3) is 0 Å². The van der Waals surface area contributed by atoms with E-state index < -0.39 is 0 Å². The van der Waals surface area contributed by atoms with Crippen LogP contribution < -0.4 is 4.90 Å². The van der Waals surface area contributed by atoms with E-state index in [-0.39, 0.29) is 0 Å². The monoisotopic (exact) mass is 255 g/mol. The van der Waals surface area contributed by atoms with Crippen molar-refractivity contribution in [3.05, 3.63) is 60.7 Å². The van der Waals surface area contributed by atoms with Crippen LogP contribution in [-0.4, -0.2) is 7.05 Å². The average molecular weight is 255 g/mol. The molecule has 0 spiro atoms. The summed E-state index contributed by atoms with van der Waals surface area (Å²) in [6.07, 6.45) is 0. The molecule has 0 atom stereocenters. The second kappa shape index (κ2) is 3.31. The van der Waals surface area contributed by atoms with Gasteiger partial charge in [-0.15, -0.1) is 0 Å². The molecule has 0 unspecified atom stereocenters. The van der Waals surface area contributed by atoms with Crippen molar-refractivity contribution in [1.82, 2.24) is 0 Å². The molecular weight excluding hydrogens is 242 g/mol. The minimum atomic E-state index is 1.30. The van der Waals surface area contributed by atoms with E-state index in [0.29, 0.717) is 0 Å². The van der Waals surface area contributed by atoms with Crippen LogP contribution in [-0.2, 0) is 0 Å². The molecule has 4 aromatic carbocycles. The van der Waals surface area contributed by atoms with Gasteiger partial charge in [-0.2, -0.15) is 0 Å². The van der Waals surface area contributed by atoms with Crippen molar-refractivity contribution in [1.29, 1.82) is 0 Å². The van der Waals surface area contributed by atoms with Crippen molar-refractivity contribution >= 4 is 43.7 Å². The standard InChI is InChI=1S/C19H13N/c1-20-15-6-2-4-12-8-10-14-11-9-13-5-3-7-16(20)18(13)19(14)17(12)15/h2-11H,1H3. The van der Waals surface area contributed by atoms with Crippen LogP contribution in [0.1, 0.15) is 0 Å². The van der Waals surface area contributed by atoms with Crippen LogP contribution in [0, 0.1) is 0 Å². The molecule has 0 aliphatic carbocycles. The molecule has 0 saturated heterocycles. The molecule has 1 heterocycles. The molecule has 0 aromatic heterocycles. The first-order valence-corrected chi connectivity index (χ1v) is 6.95. The smallest absolute Gasteiger partial charge is 0.0494 e.